The minimum absolute atomic E-state index is 0.0336. The van der Waals surface area contributed by atoms with Gasteiger partial charge in [0.15, 0.2) is 0 Å². The van der Waals surface area contributed by atoms with Crippen LogP contribution in [0.3, 0.4) is 0 Å². The van der Waals surface area contributed by atoms with Crippen LogP contribution in [0.4, 0.5) is 0 Å². The Morgan fingerprint density at radius 3 is 1.29 bits per heavy atom. The molecule has 0 rings (SSSR count). The molecule has 0 fully saturated rings. The quantitative estimate of drug-likeness (QED) is 0.0161. The highest BCUT2D eigenvalue weighted by Gasteiger charge is 2.27. The second-order valence-corrected chi connectivity index (χ2v) is 24.3. The smallest absolute Gasteiger partial charge is 0.306 e. The van der Waals surface area contributed by atoms with E-state index in [4.69, 9.17) is 13.8 Å². The summed E-state index contributed by atoms with van der Waals surface area (Å²) < 4.78 is 30.3. The number of hydrogen-bond donors (Lipinski definition) is 1. The molecule has 0 aliphatic carbocycles. The van der Waals surface area contributed by atoms with Crippen LogP contribution in [0.2, 0.25) is 0 Å². The number of allylic oxidation sites excluding steroid dienone is 17. The fourth-order valence-electron chi connectivity index (χ4n) is 8.93. The first kappa shape index (κ1) is 76.7. The van der Waals surface area contributed by atoms with Crippen LogP contribution in [0.15, 0.2) is 109 Å². The summed E-state index contributed by atoms with van der Waals surface area (Å²) in [5.41, 5.74) is 0. The van der Waals surface area contributed by atoms with Gasteiger partial charge in [-0.2, -0.15) is 0 Å². The lowest BCUT2D eigenvalue weighted by Crippen LogP contribution is -2.47. The zero-order valence-corrected chi connectivity index (χ0v) is 53.4. The summed E-state index contributed by atoms with van der Waals surface area (Å²) >= 11 is 0. The topological polar surface area (TPSA) is 114 Å². The molecular weight excluding hydrogens is 1010 g/mol. The van der Waals surface area contributed by atoms with E-state index < -0.39 is 26.6 Å². The van der Waals surface area contributed by atoms with Crippen LogP contribution in [-0.2, 0) is 27.9 Å². The standard InChI is InChI=1S/C70H123N2O7P/c1-7-10-13-16-19-22-25-27-29-31-32-33-34-35-36-37-38-39-40-41-43-45-48-51-54-57-60-63-70(74)79-68(61-58-55-52-49-46-24-21-18-15-12-9-3)67(66-78-80(75,76)77-65-64-72(4,5)6)71-69(73)62-59-56-53-50-47-44-42-30-28-26-23-20-17-14-11-8-2/h10,13,19,22,27,29-30,32-33,35-36,38-39,42,44,47,58,61,67-68H,7-9,11-12,14-18,20-21,23-26,28,31,34,37,40-41,43,45-46,48-57,59-60,62-66H2,1-6H3,(H-,71,73,75,76)/b13-10-,22-19-,29-27-,33-32-,36-35-,39-38-,42-30+,47-44+,61-58-. The van der Waals surface area contributed by atoms with Crippen molar-refractivity contribution >= 4 is 19.7 Å². The van der Waals surface area contributed by atoms with Gasteiger partial charge >= 0.3 is 5.97 Å². The van der Waals surface area contributed by atoms with Gasteiger partial charge in [0.1, 0.15) is 19.3 Å². The number of nitrogens with zero attached hydrogens (tertiary/aromatic N) is 1. The molecule has 3 atom stereocenters. The number of rotatable bonds is 58. The molecule has 0 aromatic rings. The summed E-state index contributed by atoms with van der Waals surface area (Å²) in [6.45, 7) is 6.69. The number of hydrogen-bond acceptors (Lipinski definition) is 7. The number of carbonyl (C=O) groups excluding carboxylic acids is 2. The van der Waals surface area contributed by atoms with E-state index in [-0.39, 0.29) is 31.3 Å². The van der Waals surface area contributed by atoms with Crippen molar-refractivity contribution in [3.63, 3.8) is 0 Å². The Kier molecular flexibility index (Phi) is 56.4. The minimum Gasteiger partial charge on any atom is -0.756 e. The van der Waals surface area contributed by atoms with Crippen molar-refractivity contribution in [1.29, 1.82) is 0 Å². The normalized spacial score (nSPS) is 14.3. The zero-order valence-electron chi connectivity index (χ0n) is 52.5. The van der Waals surface area contributed by atoms with Gasteiger partial charge in [-0.15, -0.1) is 0 Å². The van der Waals surface area contributed by atoms with Crippen molar-refractivity contribution in [3.05, 3.63) is 109 Å². The lowest BCUT2D eigenvalue weighted by Gasteiger charge is -2.30. The van der Waals surface area contributed by atoms with E-state index in [1.807, 2.05) is 33.3 Å². The molecule has 10 heteroatoms. The number of phosphoric acid groups is 1. The Bertz CT molecular complexity index is 1740. The van der Waals surface area contributed by atoms with Gasteiger partial charge in [0.05, 0.1) is 33.8 Å². The molecule has 80 heavy (non-hydrogen) atoms. The Morgan fingerprint density at radius 2 is 0.838 bits per heavy atom. The summed E-state index contributed by atoms with van der Waals surface area (Å²) in [5.74, 6) is -0.585. The number of unbranched alkanes of at least 4 members (excludes halogenated alkanes) is 27. The molecular formula is C70H123N2O7P. The molecule has 0 aromatic carbocycles. The number of ether oxygens (including phenoxy) is 1. The summed E-state index contributed by atoms with van der Waals surface area (Å²) in [4.78, 5) is 40.0. The van der Waals surface area contributed by atoms with E-state index in [1.165, 1.54) is 116 Å². The van der Waals surface area contributed by atoms with Crippen molar-refractivity contribution in [2.75, 3.05) is 40.9 Å². The van der Waals surface area contributed by atoms with E-state index in [9.17, 15) is 19.0 Å². The summed E-state index contributed by atoms with van der Waals surface area (Å²) in [7, 11) is 1.15. The third-order valence-electron chi connectivity index (χ3n) is 14.0. The van der Waals surface area contributed by atoms with Crippen molar-refractivity contribution in [2.24, 2.45) is 0 Å². The van der Waals surface area contributed by atoms with E-state index in [0.717, 1.165) is 109 Å². The second kappa shape index (κ2) is 58.9. The molecule has 0 aromatic heterocycles. The van der Waals surface area contributed by atoms with Crippen molar-refractivity contribution in [1.82, 2.24) is 5.32 Å². The predicted octanol–water partition coefficient (Wildman–Crippen LogP) is 19.9. The lowest BCUT2D eigenvalue weighted by atomic mass is 10.1. The van der Waals surface area contributed by atoms with E-state index in [2.05, 4.69) is 123 Å². The highest BCUT2D eigenvalue weighted by molar-refractivity contribution is 7.45. The highest BCUT2D eigenvalue weighted by Crippen LogP contribution is 2.38. The van der Waals surface area contributed by atoms with E-state index >= 15 is 0 Å². The van der Waals surface area contributed by atoms with Gasteiger partial charge in [0, 0.05) is 12.8 Å². The Hall–Kier alpha value is -3.33. The van der Waals surface area contributed by atoms with Gasteiger partial charge in [0.2, 0.25) is 5.91 Å². The third-order valence-corrected chi connectivity index (χ3v) is 14.9. The monoisotopic (exact) mass is 1130 g/mol. The second-order valence-electron chi connectivity index (χ2n) is 22.9. The van der Waals surface area contributed by atoms with Gasteiger partial charge in [-0.05, 0) is 109 Å². The molecule has 0 bridgehead atoms. The van der Waals surface area contributed by atoms with Gasteiger partial charge in [0.25, 0.3) is 7.82 Å². The number of quaternary nitrogens is 1. The van der Waals surface area contributed by atoms with Crippen LogP contribution in [0.5, 0.6) is 0 Å². The maximum atomic E-state index is 13.5. The summed E-state index contributed by atoms with van der Waals surface area (Å²) in [6.07, 6.45) is 80.7. The average molecular weight is 1140 g/mol. The summed E-state index contributed by atoms with van der Waals surface area (Å²) in [5, 5.41) is 3.01. The van der Waals surface area contributed by atoms with Crippen molar-refractivity contribution < 1.29 is 37.3 Å². The van der Waals surface area contributed by atoms with Gasteiger partial charge in [-0.1, -0.05) is 259 Å². The number of phosphoric ester groups is 1. The highest BCUT2D eigenvalue weighted by atomic mass is 31.2. The first-order chi connectivity index (χ1) is 38.9. The number of amides is 1. The molecule has 0 aliphatic heterocycles. The molecule has 1 N–H and O–H groups in total. The van der Waals surface area contributed by atoms with E-state index in [1.54, 1.807) is 0 Å². The molecule has 9 nitrogen and oxygen atoms in total. The van der Waals surface area contributed by atoms with Crippen LogP contribution in [0.25, 0.3) is 0 Å². The van der Waals surface area contributed by atoms with Crippen molar-refractivity contribution in [3.8, 4) is 0 Å². The van der Waals surface area contributed by atoms with Gasteiger partial charge < -0.3 is 28.5 Å². The van der Waals surface area contributed by atoms with Gasteiger partial charge in [-0.3, -0.25) is 14.2 Å². The molecule has 0 heterocycles. The molecule has 1 amide bonds. The Morgan fingerprint density at radius 1 is 0.463 bits per heavy atom. The van der Waals surface area contributed by atoms with Gasteiger partial charge in [-0.25, -0.2) is 0 Å². The SMILES string of the molecule is CC/C=C\C/C=C\C/C=C\C/C=C\C/C=C\C/C=C\CCCCCCCCCCC(=O)OC(/C=C\CCCCCCCCCCC)C(COP(=O)([O-])OCC[N+](C)(C)C)NC(=O)CCCCC/C=C/C=C/CCCCCCCCC. The molecule has 0 spiro atoms. The number of carbonyl (C=O) groups is 2. The zero-order chi connectivity index (χ0) is 58.6. The molecule has 460 valence electrons. The van der Waals surface area contributed by atoms with Crippen LogP contribution in [0, 0.1) is 0 Å². The molecule has 0 aliphatic rings. The van der Waals surface area contributed by atoms with Crippen LogP contribution >= 0.6 is 7.82 Å². The number of likely N-dealkylation sites (N-methyl/N-ethyl adjacent to an activating group) is 1. The molecule has 3 unspecified atom stereocenters. The van der Waals surface area contributed by atoms with Crippen LogP contribution in [0.1, 0.15) is 271 Å². The number of esters is 1. The Balaban J connectivity index is 5.14. The fourth-order valence-corrected chi connectivity index (χ4v) is 9.65. The predicted molar refractivity (Wildman–Crippen MR) is 344 cm³/mol. The van der Waals surface area contributed by atoms with Crippen LogP contribution < -0.4 is 10.2 Å². The maximum absolute atomic E-state index is 13.5. The maximum Gasteiger partial charge on any atom is 0.306 e. The summed E-state index contributed by atoms with van der Waals surface area (Å²) in [6, 6.07) is -0.912. The molecule has 0 radical (unpaired) electrons. The van der Waals surface area contributed by atoms with Crippen molar-refractivity contribution in [2.45, 2.75) is 283 Å². The number of nitrogens with one attached hydrogen (secondary N) is 1. The first-order valence-electron chi connectivity index (χ1n) is 32.7. The minimum atomic E-state index is -4.71. The first-order valence-corrected chi connectivity index (χ1v) is 34.2. The van der Waals surface area contributed by atoms with Crippen LogP contribution in [-0.4, -0.2) is 69.4 Å². The average Bonchev–Trinajstić information content (AvgIpc) is 3.43. The third kappa shape index (κ3) is 59.3. The lowest BCUT2D eigenvalue weighted by molar-refractivity contribution is -0.870. The molecule has 0 saturated carbocycles. The Labute approximate surface area is 493 Å². The largest absolute Gasteiger partial charge is 0.756 e. The fraction of sp³-hybridized carbons (Fsp3) is 0.714. The van der Waals surface area contributed by atoms with E-state index in [0.29, 0.717) is 23.9 Å². The molecule has 0 saturated heterocycles.